The fraction of sp³-hybridized carbons (Fsp3) is 0.429. The van der Waals surface area contributed by atoms with Gasteiger partial charge in [0.05, 0.1) is 11.5 Å². The zero-order valence-corrected chi connectivity index (χ0v) is 13.2. The van der Waals surface area contributed by atoms with Crippen LogP contribution in [-0.2, 0) is 17.2 Å². The Hall–Kier alpha value is -0.950. The third-order valence-corrected chi connectivity index (χ3v) is 4.67. The Kier molecular flexibility index (Phi) is 3.34. The van der Waals surface area contributed by atoms with Gasteiger partial charge in [-0.05, 0) is 53.1 Å². The molecule has 1 fully saturated rings. The standard InChI is InChI=1S/C14H16IN3O/c1-18-9-16-17-13(18)14(7-12(8-14)19-2)10-4-3-5-11(15)6-10/h3-6,9,12H,7-8H2,1-2H3. The molecular formula is C14H16IN3O. The minimum Gasteiger partial charge on any atom is -0.381 e. The van der Waals surface area contributed by atoms with Gasteiger partial charge in [-0.25, -0.2) is 0 Å². The number of hydrogen-bond donors (Lipinski definition) is 0. The lowest BCUT2D eigenvalue weighted by atomic mass is 9.62. The van der Waals surface area contributed by atoms with E-state index in [1.807, 2.05) is 11.6 Å². The normalized spacial score (nSPS) is 26.2. The van der Waals surface area contributed by atoms with Crippen molar-refractivity contribution in [1.29, 1.82) is 0 Å². The van der Waals surface area contributed by atoms with Gasteiger partial charge in [0.25, 0.3) is 0 Å². The predicted octanol–water partition coefficient (Wildman–Crippen LogP) is 2.51. The van der Waals surface area contributed by atoms with E-state index < -0.39 is 0 Å². The molecule has 5 heteroatoms. The lowest BCUT2D eigenvalue weighted by Gasteiger charge is -2.46. The molecule has 2 aromatic rings. The minimum atomic E-state index is -0.0485. The third kappa shape index (κ3) is 2.08. The number of ether oxygens (including phenoxy) is 1. The molecule has 1 aliphatic carbocycles. The maximum absolute atomic E-state index is 5.47. The summed E-state index contributed by atoms with van der Waals surface area (Å²) < 4.78 is 8.74. The molecule has 0 spiro atoms. The summed E-state index contributed by atoms with van der Waals surface area (Å²) in [6.45, 7) is 0. The molecule has 1 aromatic heterocycles. The summed E-state index contributed by atoms with van der Waals surface area (Å²) in [5.74, 6) is 1.03. The molecule has 0 atom stereocenters. The van der Waals surface area contributed by atoms with Crippen molar-refractivity contribution in [1.82, 2.24) is 14.8 Å². The maximum atomic E-state index is 5.47. The van der Waals surface area contributed by atoms with Gasteiger partial charge in [-0.1, -0.05) is 12.1 Å². The molecule has 0 aliphatic heterocycles. The lowest BCUT2D eigenvalue weighted by Crippen LogP contribution is -2.48. The molecule has 3 rings (SSSR count). The average Bonchev–Trinajstić information content (AvgIpc) is 2.76. The topological polar surface area (TPSA) is 39.9 Å². The Morgan fingerprint density at radius 1 is 1.42 bits per heavy atom. The van der Waals surface area contributed by atoms with Crippen LogP contribution >= 0.6 is 22.6 Å². The summed E-state index contributed by atoms with van der Waals surface area (Å²) >= 11 is 2.35. The Morgan fingerprint density at radius 2 is 2.21 bits per heavy atom. The third-order valence-electron chi connectivity index (χ3n) is 4.00. The lowest BCUT2D eigenvalue weighted by molar-refractivity contribution is -0.00698. The minimum absolute atomic E-state index is 0.0485. The van der Waals surface area contributed by atoms with Crippen molar-refractivity contribution in [3.63, 3.8) is 0 Å². The van der Waals surface area contributed by atoms with Crippen molar-refractivity contribution in [2.24, 2.45) is 7.05 Å². The maximum Gasteiger partial charge on any atom is 0.143 e. The molecule has 0 bridgehead atoms. The van der Waals surface area contributed by atoms with E-state index in [9.17, 15) is 0 Å². The Bertz CT molecular complexity index is 590. The van der Waals surface area contributed by atoms with Crippen molar-refractivity contribution in [2.75, 3.05) is 7.11 Å². The van der Waals surface area contributed by atoms with E-state index in [-0.39, 0.29) is 5.41 Å². The number of halogens is 1. The van der Waals surface area contributed by atoms with E-state index >= 15 is 0 Å². The highest BCUT2D eigenvalue weighted by Gasteiger charge is 2.50. The van der Waals surface area contributed by atoms with Crippen LogP contribution in [0, 0.1) is 3.57 Å². The molecule has 1 saturated carbocycles. The molecule has 0 N–H and O–H groups in total. The van der Waals surface area contributed by atoms with Crippen LogP contribution in [0.5, 0.6) is 0 Å². The molecule has 0 amide bonds. The van der Waals surface area contributed by atoms with Crippen LogP contribution in [0.25, 0.3) is 0 Å². The zero-order chi connectivity index (χ0) is 13.5. The van der Waals surface area contributed by atoms with Gasteiger partial charge in [0.15, 0.2) is 0 Å². The van der Waals surface area contributed by atoms with Crippen LogP contribution in [0.1, 0.15) is 24.2 Å². The van der Waals surface area contributed by atoms with Gasteiger partial charge in [-0.2, -0.15) is 0 Å². The summed E-state index contributed by atoms with van der Waals surface area (Å²) in [4.78, 5) is 0. The first-order chi connectivity index (χ1) is 9.15. The van der Waals surface area contributed by atoms with Crippen LogP contribution in [-0.4, -0.2) is 28.0 Å². The number of nitrogens with zero attached hydrogens (tertiary/aromatic N) is 3. The summed E-state index contributed by atoms with van der Waals surface area (Å²) in [5.41, 5.74) is 1.26. The number of aryl methyl sites for hydroxylation is 1. The molecule has 1 heterocycles. The molecule has 1 aliphatic rings. The van der Waals surface area contributed by atoms with Crippen molar-refractivity contribution in [2.45, 2.75) is 24.4 Å². The van der Waals surface area contributed by atoms with Crippen LogP contribution in [0.4, 0.5) is 0 Å². The molecule has 0 radical (unpaired) electrons. The van der Waals surface area contributed by atoms with Crippen molar-refractivity contribution in [3.05, 3.63) is 45.6 Å². The van der Waals surface area contributed by atoms with Crippen LogP contribution in [0.3, 0.4) is 0 Å². The van der Waals surface area contributed by atoms with Crippen LogP contribution < -0.4 is 0 Å². The average molecular weight is 369 g/mol. The van der Waals surface area contributed by atoms with Gasteiger partial charge in [-0.3, -0.25) is 0 Å². The van der Waals surface area contributed by atoms with E-state index in [2.05, 4.69) is 57.1 Å². The van der Waals surface area contributed by atoms with Gasteiger partial charge < -0.3 is 9.30 Å². The van der Waals surface area contributed by atoms with E-state index in [1.165, 1.54) is 9.13 Å². The predicted molar refractivity (Wildman–Crippen MR) is 81.0 cm³/mol. The summed E-state index contributed by atoms with van der Waals surface area (Å²) in [6.07, 6.45) is 4.02. The molecule has 0 saturated heterocycles. The SMILES string of the molecule is COC1CC(c2cccc(I)c2)(c2nncn2C)C1. The number of methoxy groups -OCH3 is 1. The van der Waals surface area contributed by atoms with E-state index in [0.29, 0.717) is 6.10 Å². The van der Waals surface area contributed by atoms with Gasteiger partial charge in [0.2, 0.25) is 0 Å². The van der Waals surface area contributed by atoms with Crippen molar-refractivity contribution < 1.29 is 4.74 Å². The van der Waals surface area contributed by atoms with Crippen LogP contribution in [0.2, 0.25) is 0 Å². The highest BCUT2D eigenvalue weighted by molar-refractivity contribution is 14.1. The fourth-order valence-electron chi connectivity index (χ4n) is 2.93. The number of benzene rings is 1. The Balaban J connectivity index is 2.07. The summed E-state index contributed by atoms with van der Waals surface area (Å²) in [6, 6.07) is 8.64. The fourth-order valence-corrected chi connectivity index (χ4v) is 3.48. The largest absolute Gasteiger partial charge is 0.381 e. The van der Waals surface area contributed by atoms with E-state index in [4.69, 9.17) is 4.74 Å². The quantitative estimate of drug-likeness (QED) is 0.781. The van der Waals surface area contributed by atoms with Gasteiger partial charge in [-0.15, -0.1) is 10.2 Å². The molecule has 4 nitrogen and oxygen atoms in total. The molecular weight excluding hydrogens is 353 g/mol. The summed E-state index contributed by atoms with van der Waals surface area (Å²) in [7, 11) is 3.78. The second kappa shape index (κ2) is 4.86. The smallest absolute Gasteiger partial charge is 0.143 e. The number of rotatable bonds is 3. The van der Waals surface area contributed by atoms with Gasteiger partial charge >= 0.3 is 0 Å². The highest BCUT2D eigenvalue weighted by atomic mass is 127. The summed E-state index contributed by atoms with van der Waals surface area (Å²) in [5, 5.41) is 8.38. The van der Waals surface area contributed by atoms with Gasteiger partial charge in [0, 0.05) is 17.7 Å². The van der Waals surface area contributed by atoms with E-state index in [0.717, 1.165) is 18.7 Å². The molecule has 19 heavy (non-hydrogen) atoms. The molecule has 1 aromatic carbocycles. The van der Waals surface area contributed by atoms with Crippen molar-refractivity contribution in [3.8, 4) is 0 Å². The van der Waals surface area contributed by atoms with E-state index in [1.54, 1.807) is 13.4 Å². The first-order valence-corrected chi connectivity index (χ1v) is 7.37. The first-order valence-electron chi connectivity index (χ1n) is 6.29. The Morgan fingerprint density at radius 3 is 2.79 bits per heavy atom. The molecule has 0 unspecified atom stereocenters. The second-order valence-corrected chi connectivity index (χ2v) is 6.37. The zero-order valence-electron chi connectivity index (χ0n) is 11.0. The van der Waals surface area contributed by atoms with Gasteiger partial charge in [0.1, 0.15) is 12.2 Å². The second-order valence-electron chi connectivity index (χ2n) is 5.12. The van der Waals surface area contributed by atoms with Crippen molar-refractivity contribution >= 4 is 22.6 Å². The number of hydrogen-bond acceptors (Lipinski definition) is 3. The van der Waals surface area contributed by atoms with Crippen LogP contribution in [0.15, 0.2) is 30.6 Å². The number of aromatic nitrogens is 3. The molecule has 100 valence electrons. The monoisotopic (exact) mass is 369 g/mol. The Labute approximate surface area is 126 Å². The first kappa shape index (κ1) is 13.1. The highest BCUT2D eigenvalue weighted by Crippen LogP contribution is 2.49.